The van der Waals surface area contributed by atoms with E-state index in [1.165, 1.54) is 0 Å². The molecule has 0 amide bonds. The molecular formula is C20H21ClN4O2. The summed E-state index contributed by atoms with van der Waals surface area (Å²) in [6, 6.07) is 11.9. The van der Waals surface area contributed by atoms with E-state index in [0.717, 1.165) is 33.3 Å². The lowest BCUT2D eigenvalue weighted by Gasteiger charge is -2.32. The van der Waals surface area contributed by atoms with Gasteiger partial charge in [0, 0.05) is 32.7 Å². The number of imidazole rings is 1. The topological polar surface area (TPSA) is 53.8 Å². The molecule has 0 atom stereocenters. The molecule has 0 bridgehead atoms. The van der Waals surface area contributed by atoms with Crippen LogP contribution < -0.4 is 14.5 Å². The van der Waals surface area contributed by atoms with E-state index in [1.807, 2.05) is 60.0 Å². The second-order valence-corrected chi connectivity index (χ2v) is 7.14. The Labute approximate surface area is 163 Å². The predicted octanol–water partition coefficient (Wildman–Crippen LogP) is 3.83. The fraction of sp³-hybridized carbons (Fsp3) is 0.250. The number of hydrogen-bond acceptors (Lipinski definition) is 5. The van der Waals surface area contributed by atoms with E-state index in [1.54, 1.807) is 13.3 Å². The van der Waals surface area contributed by atoms with Crippen LogP contribution in [0.25, 0.3) is 5.69 Å². The number of hydrogen-bond donors (Lipinski definition) is 1. The minimum Gasteiger partial charge on any atom is -0.497 e. The number of anilines is 2. The van der Waals surface area contributed by atoms with Crippen LogP contribution in [0.2, 0.25) is 5.02 Å². The first-order valence-corrected chi connectivity index (χ1v) is 9.01. The molecule has 140 valence electrons. The Morgan fingerprint density at radius 1 is 1.19 bits per heavy atom. The zero-order valence-corrected chi connectivity index (χ0v) is 16.2. The molecule has 1 aliphatic rings. The molecule has 1 aromatic heterocycles. The molecule has 7 heteroatoms. The molecule has 0 saturated heterocycles. The summed E-state index contributed by atoms with van der Waals surface area (Å²) in [7, 11) is 5.60. The van der Waals surface area contributed by atoms with Crippen LogP contribution in [0.3, 0.4) is 0 Å². The highest BCUT2D eigenvalue weighted by atomic mass is 35.5. The summed E-state index contributed by atoms with van der Waals surface area (Å²) < 4.78 is 7.12. The maximum atomic E-state index is 10.00. The molecule has 0 fully saturated rings. The molecule has 0 aliphatic carbocycles. The Kier molecular flexibility index (Phi) is 4.36. The largest absolute Gasteiger partial charge is 0.497 e. The van der Waals surface area contributed by atoms with Gasteiger partial charge in [-0.3, -0.25) is 4.57 Å². The summed E-state index contributed by atoms with van der Waals surface area (Å²) in [4.78, 5) is 8.42. The average molecular weight is 385 g/mol. The van der Waals surface area contributed by atoms with Crippen molar-refractivity contribution in [3.63, 3.8) is 0 Å². The van der Waals surface area contributed by atoms with E-state index >= 15 is 0 Å². The second-order valence-electron chi connectivity index (χ2n) is 6.76. The predicted molar refractivity (Wildman–Crippen MR) is 107 cm³/mol. The fourth-order valence-electron chi connectivity index (χ4n) is 3.42. The van der Waals surface area contributed by atoms with Gasteiger partial charge in [0.1, 0.15) is 5.75 Å². The number of halogens is 1. The van der Waals surface area contributed by atoms with E-state index in [2.05, 4.69) is 9.88 Å². The molecule has 0 radical (unpaired) electrons. The van der Waals surface area contributed by atoms with Gasteiger partial charge < -0.3 is 19.6 Å². The first-order chi connectivity index (χ1) is 13.0. The highest BCUT2D eigenvalue weighted by Crippen LogP contribution is 2.40. The summed E-state index contributed by atoms with van der Waals surface area (Å²) in [6.45, 7) is 1.25. The van der Waals surface area contributed by atoms with Gasteiger partial charge in [-0.25, -0.2) is 0 Å². The quantitative estimate of drug-likeness (QED) is 0.741. The first-order valence-electron chi connectivity index (χ1n) is 8.63. The number of rotatable bonds is 4. The molecule has 3 aromatic rings. The minimum atomic E-state index is -0.00890. The molecule has 27 heavy (non-hydrogen) atoms. The van der Waals surface area contributed by atoms with Gasteiger partial charge >= 0.3 is 0 Å². The van der Waals surface area contributed by atoms with Crippen molar-refractivity contribution in [2.75, 3.05) is 31.0 Å². The van der Waals surface area contributed by atoms with Crippen molar-refractivity contribution >= 4 is 23.2 Å². The first kappa shape index (κ1) is 17.5. The molecule has 1 N–H and O–H groups in total. The van der Waals surface area contributed by atoms with Crippen LogP contribution >= 0.6 is 11.6 Å². The molecule has 1 aliphatic heterocycles. The smallest absolute Gasteiger partial charge is 0.231 e. The van der Waals surface area contributed by atoms with E-state index in [0.29, 0.717) is 19.0 Å². The molecule has 6 nitrogen and oxygen atoms in total. The van der Waals surface area contributed by atoms with Gasteiger partial charge in [0.05, 0.1) is 29.7 Å². The average Bonchev–Trinajstić information content (AvgIpc) is 3.05. The number of nitrogens with zero attached hydrogens (tertiary/aromatic N) is 4. The van der Waals surface area contributed by atoms with Crippen molar-refractivity contribution in [2.45, 2.75) is 13.1 Å². The Morgan fingerprint density at radius 2 is 1.93 bits per heavy atom. The highest BCUT2D eigenvalue weighted by Gasteiger charge is 2.27. The number of fused-ring (bicyclic) bond motifs is 3. The molecule has 0 spiro atoms. The van der Waals surface area contributed by atoms with E-state index in [4.69, 9.17) is 16.3 Å². The van der Waals surface area contributed by atoms with E-state index < -0.39 is 0 Å². The third-order valence-corrected chi connectivity index (χ3v) is 5.20. The van der Waals surface area contributed by atoms with Crippen LogP contribution in [-0.2, 0) is 13.1 Å². The summed E-state index contributed by atoms with van der Waals surface area (Å²) in [5.74, 6) is 1.51. The number of methoxy groups -OCH3 is 1. The standard InChI is InChI=1S/C20H21ClN4O2/c1-23(2)17-9-8-16-15(19(17)21)11-24(20-22-18(26)12-25(16)20)10-13-4-6-14(27-3)7-5-13/h4-9,12,26H,10-11H2,1-3H3. The number of ether oxygens (including phenoxy) is 1. The van der Waals surface area contributed by atoms with Gasteiger partial charge in [0.2, 0.25) is 11.8 Å². The molecule has 0 unspecified atom stereocenters. The number of aromatic hydroxyl groups is 1. The zero-order valence-electron chi connectivity index (χ0n) is 15.5. The lowest BCUT2D eigenvalue weighted by Crippen LogP contribution is -2.30. The third kappa shape index (κ3) is 3.06. The summed E-state index contributed by atoms with van der Waals surface area (Å²) >= 11 is 6.72. The van der Waals surface area contributed by atoms with Crippen molar-refractivity contribution in [1.29, 1.82) is 0 Å². The lowest BCUT2D eigenvalue weighted by molar-refractivity contribution is 0.414. The summed E-state index contributed by atoms with van der Waals surface area (Å²) in [5, 5.41) is 10.7. The van der Waals surface area contributed by atoms with Gasteiger partial charge in [0.15, 0.2) is 0 Å². The SMILES string of the molecule is COc1ccc(CN2Cc3c(ccc(N(C)C)c3Cl)-n3cc(O)nc32)cc1. The molecule has 4 rings (SSSR count). The zero-order chi connectivity index (χ0) is 19.1. The number of aromatic nitrogens is 2. The molecule has 2 aromatic carbocycles. The third-order valence-electron chi connectivity index (χ3n) is 4.78. The minimum absolute atomic E-state index is 0.00890. The maximum Gasteiger partial charge on any atom is 0.231 e. The van der Waals surface area contributed by atoms with Crippen LogP contribution in [0, 0.1) is 0 Å². The molecular weight excluding hydrogens is 364 g/mol. The van der Waals surface area contributed by atoms with Gasteiger partial charge in [-0.1, -0.05) is 23.7 Å². The summed E-state index contributed by atoms with van der Waals surface area (Å²) in [6.07, 6.45) is 1.63. The van der Waals surface area contributed by atoms with Gasteiger partial charge in [-0.05, 0) is 29.8 Å². The highest BCUT2D eigenvalue weighted by molar-refractivity contribution is 6.34. The molecule has 0 saturated carbocycles. The van der Waals surface area contributed by atoms with Crippen molar-refractivity contribution < 1.29 is 9.84 Å². The van der Waals surface area contributed by atoms with E-state index in [9.17, 15) is 5.11 Å². The Hall–Kier alpha value is -2.86. The Balaban J connectivity index is 1.76. The summed E-state index contributed by atoms with van der Waals surface area (Å²) in [5.41, 5.74) is 4.04. The van der Waals surface area contributed by atoms with Crippen LogP contribution in [0.4, 0.5) is 11.6 Å². The van der Waals surface area contributed by atoms with Crippen LogP contribution in [-0.4, -0.2) is 35.9 Å². The van der Waals surface area contributed by atoms with Gasteiger partial charge in [-0.2, -0.15) is 4.98 Å². The Morgan fingerprint density at radius 3 is 2.59 bits per heavy atom. The monoisotopic (exact) mass is 384 g/mol. The van der Waals surface area contributed by atoms with Crippen LogP contribution in [0.1, 0.15) is 11.1 Å². The second kappa shape index (κ2) is 6.70. The van der Waals surface area contributed by atoms with E-state index in [-0.39, 0.29) is 5.88 Å². The molecule has 2 heterocycles. The lowest BCUT2D eigenvalue weighted by atomic mass is 10.1. The normalized spacial score (nSPS) is 12.5. The van der Waals surface area contributed by atoms with Gasteiger partial charge in [-0.15, -0.1) is 0 Å². The van der Waals surface area contributed by atoms with Crippen molar-refractivity contribution in [2.24, 2.45) is 0 Å². The van der Waals surface area contributed by atoms with Crippen molar-refractivity contribution in [3.05, 3.63) is 58.7 Å². The Bertz CT molecular complexity index is 982. The maximum absolute atomic E-state index is 10.00. The van der Waals surface area contributed by atoms with Crippen LogP contribution in [0.5, 0.6) is 11.6 Å². The van der Waals surface area contributed by atoms with Gasteiger partial charge in [0.25, 0.3) is 0 Å². The fourth-order valence-corrected chi connectivity index (χ4v) is 3.81. The number of benzene rings is 2. The van der Waals surface area contributed by atoms with Crippen molar-refractivity contribution in [1.82, 2.24) is 9.55 Å². The van der Waals surface area contributed by atoms with Crippen molar-refractivity contribution in [3.8, 4) is 17.3 Å². The van der Waals surface area contributed by atoms with Crippen LogP contribution in [0.15, 0.2) is 42.6 Å².